The third-order valence-electron chi connectivity index (χ3n) is 4.60. The van der Waals surface area contributed by atoms with Crippen LogP contribution in [0.4, 0.5) is 0 Å². The highest BCUT2D eigenvalue weighted by molar-refractivity contribution is 9.10. The highest BCUT2D eigenvalue weighted by Gasteiger charge is 2.30. The average Bonchev–Trinajstić information content (AvgIpc) is 3.04. The number of ether oxygens (including phenoxy) is 2. The molecule has 0 atom stereocenters. The van der Waals surface area contributed by atoms with Crippen molar-refractivity contribution in [3.63, 3.8) is 0 Å². The molecule has 0 bridgehead atoms. The summed E-state index contributed by atoms with van der Waals surface area (Å²) in [4.78, 5) is 25.0. The third-order valence-corrected chi connectivity index (χ3v) is 5.32. The van der Waals surface area contributed by atoms with Gasteiger partial charge in [-0.25, -0.2) is 0 Å². The van der Waals surface area contributed by atoms with Crippen molar-refractivity contribution in [3.05, 3.63) is 99.2 Å². The Morgan fingerprint density at radius 1 is 1.07 bits per heavy atom. The predicted octanol–water partition coefficient (Wildman–Crippen LogP) is 5.64. The third kappa shape index (κ3) is 4.00. The fraction of sp³-hybridized carbons (Fsp3) is 0.0833. The van der Waals surface area contributed by atoms with E-state index in [2.05, 4.69) is 15.9 Å². The van der Waals surface area contributed by atoms with Gasteiger partial charge in [-0.2, -0.15) is 0 Å². The lowest BCUT2D eigenvalue weighted by Gasteiger charge is -2.08. The second-order valence-electron chi connectivity index (χ2n) is 6.65. The summed E-state index contributed by atoms with van der Waals surface area (Å²) in [6.07, 6.45) is 1.71. The number of benzene rings is 3. The van der Waals surface area contributed by atoms with Crippen LogP contribution in [0.5, 0.6) is 11.5 Å². The van der Waals surface area contributed by atoms with Crippen LogP contribution >= 0.6 is 15.9 Å². The Hall–Kier alpha value is -3.18. The average molecular weight is 449 g/mol. The van der Waals surface area contributed by atoms with E-state index < -0.39 is 0 Å². The summed E-state index contributed by atoms with van der Waals surface area (Å²) >= 11 is 3.47. The first-order valence-electron chi connectivity index (χ1n) is 9.07. The Labute approximate surface area is 176 Å². The Kier molecular flexibility index (Phi) is 5.32. The van der Waals surface area contributed by atoms with Crippen molar-refractivity contribution in [1.82, 2.24) is 0 Å². The van der Waals surface area contributed by atoms with Crippen molar-refractivity contribution < 1.29 is 19.1 Å². The predicted molar refractivity (Wildman–Crippen MR) is 115 cm³/mol. The molecule has 0 amide bonds. The monoisotopic (exact) mass is 448 g/mol. The molecule has 0 N–H and O–H groups in total. The first-order valence-corrected chi connectivity index (χ1v) is 9.86. The molecule has 0 aliphatic carbocycles. The number of hydrogen-bond acceptors (Lipinski definition) is 4. The van der Waals surface area contributed by atoms with Gasteiger partial charge in [0, 0.05) is 16.1 Å². The smallest absolute Gasteiger partial charge is 0.232 e. The lowest BCUT2D eigenvalue weighted by Crippen LogP contribution is -2.11. The summed E-state index contributed by atoms with van der Waals surface area (Å²) in [5.41, 5.74) is 2.71. The normalized spacial score (nSPS) is 13.9. The fourth-order valence-corrected chi connectivity index (χ4v) is 3.55. The van der Waals surface area contributed by atoms with Crippen LogP contribution in [-0.4, -0.2) is 18.2 Å². The maximum Gasteiger partial charge on any atom is 0.232 e. The molecule has 4 nitrogen and oxygen atoms in total. The molecule has 3 aromatic rings. The first-order chi connectivity index (χ1) is 14.0. The maximum absolute atomic E-state index is 12.8. The maximum atomic E-state index is 12.8. The Balaban J connectivity index is 1.55. The molecule has 4 rings (SSSR count). The van der Waals surface area contributed by atoms with Crippen LogP contribution in [0.3, 0.4) is 0 Å². The van der Waals surface area contributed by atoms with Crippen LogP contribution in [0.15, 0.2) is 77.0 Å². The minimum atomic E-state index is -0.167. The number of carbonyl (C=O) groups is 2. The Morgan fingerprint density at radius 2 is 1.79 bits per heavy atom. The van der Waals surface area contributed by atoms with Gasteiger partial charge < -0.3 is 9.47 Å². The zero-order chi connectivity index (χ0) is 20.4. The molecule has 0 saturated carbocycles. The SMILES string of the molecule is Cc1cc(OCC(=O)c2ccccc2)cc2c1C(=O)/C(=C/c1ccccc1Br)O2. The molecule has 1 heterocycles. The second-order valence-corrected chi connectivity index (χ2v) is 7.51. The number of Topliss-reactive ketones (excluding diaryl/α,β-unsaturated/α-hetero) is 2. The van der Waals surface area contributed by atoms with Crippen molar-refractivity contribution in [2.45, 2.75) is 6.92 Å². The van der Waals surface area contributed by atoms with Gasteiger partial charge in [0.25, 0.3) is 0 Å². The molecule has 0 aromatic heterocycles. The van der Waals surface area contributed by atoms with Crippen molar-refractivity contribution >= 4 is 33.6 Å². The number of allylic oxidation sites excluding steroid dienone is 1. The van der Waals surface area contributed by atoms with E-state index >= 15 is 0 Å². The molecule has 1 aliphatic rings. The Morgan fingerprint density at radius 3 is 2.55 bits per heavy atom. The lowest BCUT2D eigenvalue weighted by atomic mass is 10.0. The van der Waals surface area contributed by atoms with Crippen molar-refractivity contribution in [2.75, 3.05) is 6.61 Å². The summed E-state index contributed by atoms with van der Waals surface area (Å²) in [7, 11) is 0. The number of rotatable bonds is 5. The number of hydrogen-bond donors (Lipinski definition) is 0. The zero-order valence-corrected chi connectivity index (χ0v) is 17.2. The van der Waals surface area contributed by atoms with Gasteiger partial charge in [-0.3, -0.25) is 9.59 Å². The highest BCUT2D eigenvalue weighted by atomic mass is 79.9. The largest absolute Gasteiger partial charge is 0.485 e. The van der Waals surface area contributed by atoms with Gasteiger partial charge in [0.2, 0.25) is 5.78 Å². The van der Waals surface area contributed by atoms with Crippen LogP contribution in [0, 0.1) is 6.92 Å². The standard InChI is InChI=1S/C24H17BrO4/c1-15-11-18(28-14-20(26)16-7-3-2-4-8-16)13-21-23(15)24(27)22(29-21)12-17-9-5-6-10-19(17)25/h2-13H,14H2,1H3/b22-12-. The van der Waals surface area contributed by atoms with Crippen molar-refractivity contribution in [2.24, 2.45) is 0 Å². The van der Waals surface area contributed by atoms with Gasteiger partial charge in [-0.15, -0.1) is 0 Å². The van der Waals surface area contributed by atoms with Crippen LogP contribution in [0.2, 0.25) is 0 Å². The van der Waals surface area contributed by atoms with Gasteiger partial charge in [0.1, 0.15) is 11.5 Å². The van der Waals surface area contributed by atoms with Crippen molar-refractivity contribution in [1.29, 1.82) is 0 Å². The minimum absolute atomic E-state index is 0.0875. The Bertz CT molecular complexity index is 1130. The highest BCUT2D eigenvalue weighted by Crippen LogP contribution is 2.38. The molecule has 3 aromatic carbocycles. The number of carbonyl (C=O) groups excluding carboxylic acids is 2. The van der Waals surface area contributed by atoms with E-state index in [0.29, 0.717) is 22.6 Å². The number of halogens is 1. The second kappa shape index (κ2) is 8.05. The zero-order valence-electron chi connectivity index (χ0n) is 15.6. The lowest BCUT2D eigenvalue weighted by molar-refractivity contribution is 0.0920. The molecule has 29 heavy (non-hydrogen) atoms. The van der Waals surface area contributed by atoms with E-state index in [1.54, 1.807) is 30.3 Å². The van der Waals surface area contributed by atoms with Gasteiger partial charge in [0.05, 0.1) is 5.56 Å². The van der Waals surface area contributed by atoms with E-state index in [-0.39, 0.29) is 23.9 Å². The molecule has 144 valence electrons. The van der Waals surface area contributed by atoms with Gasteiger partial charge in [-0.1, -0.05) is 64.5 Å². The van der Waals surface area contributed by atoms with E-state index in [1.807, 2.05) is 49.4 Å². The molecule has 0 saturated heterocycles. The number of ketones is 2. The fourth-order valence-electron chi connectivity index (χ4n) is 3.15. The molecular formula is C24H17BrO4. The van der Waals surface area contributed by atoms with Crippen LogP contribution in [0.25, 0.3) is 6.08 Å². The van der Waals surface area contributed by atoms with Crippen LogP contribution in [0.1, 0.15) is 31.8 Å². The van der Waals surface area contributed by atoms with Gasteiger partial charge in [-0.05, 0) is 36.3 Å². The van der Waals surface area contributed by atoms with Crippen LogP contribution < -0.4 is 9.47 Å². The summed E-state index contributed by atoms with van der Waals surface area (Å²) in [5, 5.41) is 0. The van der Waals surface area contributed by atoms with Crippen LogP contribution in [-0.2, 0) is 0 Å². The van der Waals surface area contributed by atoms with E-state index in [9.17, 15) is 9.59 Å². The van der Waals surface area contributed by atoms with Gasteiger partial charge in [0.15, 0.2) is 18.1 Å². The van der Waals surface area contributed by atoms with E-state index in [0.717, 1.165) is 15.6 Å². The molecule has 5 heteroatoms. The van der Waals surface area contributed by atoms with E-state index in [1.165, 1.54) is 0 Å². The summed E-state index contributed by atoms with van der Waals surface area (Å²) < 4.78 is 12.4. The first kappa shape index (κ1) is 19.2. The molecular weight excluding hydrogens is 432 g/mol. The topological polar surface area (TPSA) is 52.6 Å². The van der Waals surface area contributed by atoms with Crippen molar-refractivity contribution in [3.8, 4) is 11.5 Å². The molecule has 0 radical (unpaired) electrons. The van der Waals surface area contributed by atoms with Gasteiger partial charge >= 0.3 is 0 Å². The number of fused-ring (bicyclic) bond motifs is 1. The quantitative estimate of drug-likeness (QED) is 0.374. The molecule has 0 fully saturated rings. The summed E-state index contributed by atoms with van der Waals surface area (Å²) in [6.45, 7) is 1.74. The summed E-state index contributed by atoms with van der Waals surface area (Å²) in [6, 6.07) is 20.0. The van der Waals surface area contributed by atoms with E-state index in [4.69, 9.17) is 9.47 Å². The number of aryl methyl sites for hydroxylation is 1. The molecule has 0 spiro atoms. The minimum Gasteiger partial charge on any atom is -0.485 e. The molecule has 0 unspecified atom stereocenters. The summed E-state index contributed by atoms with van der Waals surface area (Å²) in [5.74, 6) is 0.902. The molecule has 1 aliphatic heterocycles.